The van der Waals surface area contributed by atoms with Crippen LogP contribution >= 0.6 is 0 Å². The van der Waals surface area contributed by atoms with Crippen LogP contribution in [-0.4, -0.2) is 39.2 Å². The van der Waals surface area contributed by atoms with E-state index in [9.17, 15) is 33.1 Å². The molecule has 0 bridgehead atoms. The minimum Gasteiger partial charge on any atom is -0.507 e. The molecule has 4 rings (SSSR count). The fourth-order valence-corrected chi connectivity index (χ4v) is 3.43. The lowest BCUT2D eigenvalue weighted by atomic mass is 10.0. The maximum Gasteiger partial charge on any atom is 0.347 e. The highest BCUT2D eigenvalue weighted by molar-refractivity contribution is 5.98. The molecule has 0 amide bonds. The second-order valence-corrected chi connectivity index (χ2v) is 8.20. The Bertz CT molecular complexity index is 1650. The number of carbonyl (C=O) groups excluding carboxylic acids is 2. The number of halogens is 2. The van der Waals surface area contributed by atoms with Gasteiger partial charge in [0.1, 0.15) is 45.6 Å². The summed E-state index contributed by atoms with van der Waals surface area (Å²) in [5, 5.41) is 27.3. The van der Waals surface area contributed by atoms with Gasteiger partial charge in [-0.25, -0.2) is 23.2 Å². The van der Waals surface area contributed by atoms with E-state index in [1.807, 2.05) is 0 Å². The first-order valence-electron chi connectivity index (χ1n) is 11.5. The molecule has 0 aliphatic rings. The average molecular weight is 565 g/mol. The first kappa shape index (κ1) is 29.8. The molecule has 12 heteroatoms. The number of nitrogen functional groups attached to an aromatic ring is 1. The molecule has 210 valence electrons. The fraction of sp³-hybridized carbons (Fsp3) is 0.0345. The van der Waals surface area contributed by atoms with E-state index < -0.39 is 41.3 Å². The van der Waals surface area contributed by atoms with Crippen molar-refractivity contribution >= 4 is 29.6 Å². The number of aromatic hydroxyl groups is 1. The van der Waals surface area contributed by atoms with Gasteiger partial charge in [-0.2, -0.15) is 0 Å². The number of hydrogen-bond donors (Lipinski definition) is 4. The Morgan fingerprint density at radius 1 is 0.732 bits per heavy atom. The van der Waals surface area contributed by atoms with Crippen LogP contribution in [0, 0.1) is 11.6 Å². The zero-order valence-electron chi connectivity index (χ0n) is 21.1. The number of ether oxygens (including phenoxy) is 2. The molecule has 0 atom stereocenters. The largest absolute Gasteiger partial charge is 0.507 e. The maximum atomic E-state index is 13.5. The number of para-hydroxylation sites is 1. The summed E-state index contributed by atoms with van der Waals surface area (Å²) in [7, 11) is 0. The van der Waals surface area contributed by atoms with Crippen molar-refractivity contribution in [3.8, 4) is 28.4 Å². The smallest absolute Gasteiger partial charge is 0.347 e. The van der Waals surface area contributed by atoms with Crippen LogP contribution in [0.4, 0.5) is 14.5 Å². The molecule has 0 spiro atoms. The zero-order valence-corrected chi connectivity index (χ0v) is 21.1. The highest BCUT2D eigenvalue weighted by Crippen LogP contribution is 2.28. The van der Waals surface area contributed by atoms with Crippen LogP contribution in [0.1, 0.15) is 38.0 Å². The summed E-state index contributed by atoms with van der Waals surface area (Å²) in [6.07, 6.45) is 0. The van der Waals surface area contributed by atoms with Crippen molar-refractivity contribution in [2.24, 2.45) is 0 Å². The average Bonchev–Trinajstić information content (AvgIpc) is 2.89. The SMILES string of the molecule is CC(=O)Oc1ccccc1C(=O)Oc1cc(N)ccc1C(=O)O.O=C(O)c1cc(-c2ccc(F)cc2F)ccc1O. The minimum atomic E-state index is -1.32. The van der Waals surface area contributed by atoms with Crippen molar-refractivity contribution in [3.05, 3.63) is 107 Å². The monoisotopic (exact) mass is 565 g/mol. The van der Waals surface area contributed by atoms with E-state index in [-0.39, 0.29) is 45.0 Å². The van der Waals surface area contributed by atoms with E-state index in [4.69, 9.17) is 25.4 Å². The number of anilines is 1. The summed E-state index contributed by atoms with van der Waals surface area (Å²) in [6.45, 7) is 1.20. The van der Waals surface area contributed by atoms with Crippen molar-refractivity contribution in [3.63, 3.8) is 0 Å². The number of hydrogen-bond acceptors (Lipinski definition) is 8. The van der Waals surface area contributed by atoms with E-state index in [1.54, 1.807) is 12.1 Å². The van der Waals surface area contributed by atoms with Crippen LogP contribution in [0.5, 0.6) is 17.2 Å². The van der Waals surface area contributed by atoms with E-state index in [0.717, 1.165) is 18.2 Å². The Kier molecular flexibility index (Phi) is 9.33. The molecule has 0 saturated carbocycles. The van der Waals surface area contributed by atoms with Gasteiger partial charge in [-0.3, -0.25) is 4.79 Å². The molecule has 0 aliphatic heterocycles. The number of phenols is 1. The molecule has 5 N–H and O–H groups in total. The van der Waals surface area contributed by atoms with Crippen LogP contribution < -0.4 is 15.2 Å². The number of esters is 2. The number of rotatable bonds is 6. The summed E-state index contributed by atoms with van der Waals surface area (Å²) in [5.74, 6) is -6.14. The third-order valence-corrected chi connectivity index (χ3v) is 5.27. The van der Waals surface area contributed by atoms with Crippen molar-refractivity contribution in [2.45, 2.75) is 6.92 Å². The van der Waals surface area contributed by atoms with Crippen molar-refractivity contribution < 1.29 is 52.8 Å². The topological polar surface area (TPSA) is 173 Å². The Balaban J connectivity index is 0.000000232. The summed E-state index contributed by atoms with van der Waals surface area (Å²) >= 11 is 0. The number of carbonyl (C=O) groups is 4. The lowest BCUT2D eigenvalue weighted by Crippen LogP contribution is -2.14. The van der Waals surface area contributed by atoms with Gasteiger partial charge in [-0.15, -0.1) is 0 Å². The Labute approximate surface area is 230 Å². The summed E-state index contributed by atoms with van der Waals surface area (Å²) in [6, 6.07) is 16.5. The third kappa shape index (κ3) is 7.63. The number of aromatic carboxylic acids is 2. The molecule has 41 heavy (non-hydrogen) atoms. The Hall–Kier alpha value is -5.78. The zero-order chi connectivity index (χ0) is 30.3. The predicted molar refractivity (Wildman–Crippen MR) is 141 cm³/mol. The molecule has 0 unspecified atom stereocenters. The summed E-state index contributed by atoms with van der Waals surface area (Å²) in [4.78, 5) is 45.3. The predicted octanol–water partition coefficient (Wildman–Crippen LogP) is 5.15. The van der Waals surface area contributed by atoms with Crippen LogP contribution in [-0.2, 0) is 4.79 Å². The number of carboxylic acids is 2. The second kappa shape index (κ2) is 12.8. The van der Waals surface area contributed by atoms with Crippen LogP contribution in [0.3, 0.4) is 0 Å². The van der Waals surface area contributed by atoms with Crippen LogP contribution in [0.25, 0.3) is 11.1 Å². The van der Waals surface area contributed by atoms with Gasteiger partial charge in [0.2, 0.25) is 0 Å². The van der Waals surface area contributed by atoms with Crippen molar-refractivity contribution in [2.75, 3.05) is 5.73 Å². The fourth-order valence-electron chi connectivity index (χ4n) is 3.43. The molecule has 0 saturated heterocycles. The van der Waals surface area contributed by atoms with E-state index in [2.05, 4.69) is 0 Å². The van der Waals surface area contributed by atoms with Crippen molar-refractivity contribution in [1.82, 2.24) is 0 Å². The molecule has 0 aromatic heterocycles. The molecular formula is C29H21F2NO9. The third-order valence-electron chi connectivity index (χ3n) is 5.27. The molecular weight excluding hydrogens is 544 g/mol. The molecule has 4 aromatic rings. The highest BCUT2D eigenvalue weighted by atomic mass is 19.1. The molecule has 10 nitrogen and oxygen atoms in total. The van der Waals surface area contributed by atoms with Gasteiger partial charge < -0.3 is 30.5 Å². The van der Waals surface area contributed by atoms with Crippen LogP contribution in [0.2, 0.25) is 0 Å². The van der Waals surface area contributed by atoms with Gasteiger partial charge in [-0.05, 0) is 54.1 Å². The van der Waals surface area contributed by atoms with Gasteiger partial charge in [0.05, 0.1) is 0 Å². The van der Waals surface area contributed by atoms with E-state index in [0.29, 0.717) is 6.07 Å². The number of carboxylic acid groups (broad SMARTS) is 2. The first-order chi connectivity index (χ1) is 19.4. The highest BCUT2D eigenvalue weighted by Gasteiger charge is 2.20. The molecule has 4 aromatic carbocycles. The van der Waals surface area contributed by atoms with Gasteiger partial charge in [0.25, 0.3) is 0 Å². The summed E-state index contributed by atoms with van der Waals surface area (Å²) < 4.78 is 36.3. The number of nitrogens with two attached hydrogens (primary N) is 1. The van der Waals surface area contributed by atoms with E-state index in [1.165, 1.54) is 49.4 Å². The second-order valence-electron chi connectivity index (χ2n) is 8.20. The molecule has 0 aliphatic carbocycles. The Morgan fingerprint density at radius 2 is 1.41 bits per heavy atom. The summed E-state index contributed by atoms with van der Waals surface area (Å²) in [5.41, 5.74) is 5.59. The lowest BCUT2D eigenvalue weighted by Gasteiger charge is -2.10. The molecule has 0 fully saturated rings. The number of benzene rings is 4. The Morgan fingerprint density at radius 3 is 2.05 bits per heavy atom. The first-order valence-corrected chi connectivity index (χ1v) is 11.5. The molecule has 0 radical (unpaired) electrons. The normalized spacial score (nSPS) is 10.1. The van der Waals surface area contributed by atoms with Gasteiger partial charge in [-0.1, -0.05) is 18.2 Å². The van der Waals surface area contributed by atoms with Crippen LogP contribution in [0.15, 0.2) is 78.9 Å². The van der Waals surface area contributed by atoms with E-state index >= 15 is 0 Å². The standard InChI is InChI=1S/C16H13NO6.C13H8F2O3/c1-9(18)22-13-5-3-2-4-12(13)16(21)23-14-8-10(17)6-7-11(14)15(19)20;14-8-2-3-9(11(15)6-8)7-1-4-12(16)10(5-7)13(17)18/h2-8H,17H2,1H3,(H,19,20);1-6,16H,(H,17,18). The van der Waals surface area contributed by atoms with Crippen molar-refractivity contribution in [1.29, 1.82) is 0 Å². The molecule has 0 heterocycles. The maximum absolute atomic E-state index is 13.5. The lowest BCUT2D eigenvalue weighted by molar-refractivity contribution is -0.131. The van der Waals surface area contributed by atoms with Gasteiger partial charge in [0.15, 0.2) is 0 Å². The quantitative estimate of drug-likeness (QED) is 0.139. The van der Waals surface area contributed by atoms with Gasteiger partial charge in [0, 0.05) is 30.3 Å². The minimum absolute atomic E-state index is 0.0125. The van der Waals surface area contributed by atoms with Gasteiger partial charge >= 0.3 is 23.9 Å².